The molecule has 3 nitrogen and oxygen atoms in total. The van der Waals surface area contributed by atoms with E-state index in [0.717, 1.165) is 13.0 Å². The first-order chi connectivity index (χ1) is 11.8. The molecule has 0 aromatic carbocycles. The number of ether oxygens (including phenoxy) is 1. The lowest BCUT2D eigenvalue weighted by Gasteiger charge is -2.46. The van der Waals surface area contributed by atoms with Crippen LogP contribution < -0.4 is 4.90 Å². The minimum atomic E-state index is 0.0811. The van der Waals surface area contributed by atoms with Gasteiger partial charge in [-0.1, -0.05) is 45.8 Å². The lowest BCUT2D eigenvalue weighted by Crippen LogP contribution is -3.15. The third-order valence-electron chi connectivity index (χ3n) is 7.70. The maximum atomic E-state index is 12.7. The predicted octanol–water partition coefficient (Wildman–Crippen LogP) is 3.01. The summed E-state index contributed by atoms with van der Waals surface area (Å²) < 4.78 is 5.92. The van der Waals surface area contributed by atoms with Crippen LogP contribution in [0.3, 0.4) is 0 Å². The molecule has 0 bridgehead atoms. The van der Waals surface area contributed by atoms with E-state index in [1.165, 1.54) is 45.2 Å². The van der Waals surface area contributed by atoms with Gasteiger partial charge in [0.25, 0.3) is 0 Å². The number of hydrogen-bond donors (Lipinski definition) is 1. The first-order valence-electron chi connectivity index (χ1n) is 10.5. The maximum absolute atomic E-state index is 12.7. The summed E-state index contributed by atoms with van der Waals surface area (Å²) in [7, 11) is 0. The van der Waals surface area contributed by atoms with Crippen LogP contribution in [0, 0.1) is 28.6 Å². The Morgan fingerprint density at radius 1 is 1.24 bits per heavy atom. The molecule has 3 heteroatoms. The summed E-state index contributed by atoms with van der Waals surface area (Å²) in [4.78, 5) is 14.3. The van der Waals surface area contributed by atoms with E-state index in [9.17, 15) is 4.79 Å². The van der Waals surface area contributed by atoms with Gasteiger partial charge >= 0.3 is 5.97 Å². The highest BCUT2D eigenvalue weighted by molar-refractivity contribution is 5.76. The van der Waals surface area contributed by atoms with E-state index in [4.69, 9.17) is 4.74 Å². The van der Waals surface area contributed by atoms with Crippen LogP contribution >= 0.6 is 0 Å². The van der Waals surface area contributed by atoms with Gasteiger partial charge in [0.15, 0.2) is 0 Å². The fraction of sp³-hybridized carbons (Fsp3) is 0.864. The molecule has 1 N–H and O–H groups in total. The Balaban J connectivity index is 1.55. The van der Waals surface area contributed by atoms with Gasteiger partial charge in [-0.15, -0.1) is 0 Å². The van der Waals surface area contributed by atoms with Crippen molar-refractivity contribution in [2.45, 2.75) is 72.3 Å². The second kappa shape index (κ2) is 6.11. The smallest absolute Gasteiger partial charge is 0.315 e. The van der Waals surface area contributed by atoms with E-state index >= 15 is 0 Å². The number of carbonyl (C=O) groups excluding carboxylic acids is 1. The van der Waals surface area contributed by atoms with Crippen molar-refractivity contribution in [1.29, 1.82) is 0 Å². The second-order valence-corrected chi connectivity index (χ2v) is 10.5. The lowest BCUT2D eigenvalue weighted by molar-refractivity contribution is -0.914. The van der Waals surface area contributed by atoms with Crippen molar-refractivity contribution in [1.82, 2.24) is 0 Å². The number of hydrogen-bond acceptors (Lipinski definition) is 2. The number of nitrogens with one attached hydrogen (secondary N) is 1. The van der Waals surface area contributed by atoms with Crippen LogP contribution in [0.5, 0.6) is 0 Å². The Hall–Kier alpha value is -0.830. The van der Waals surface area contributed by atoms with Crippen molar-refractivity contribution >= 4 is 5.97 Å². The molecule has 0 amide bonds. The van der Waals surface area contributed by atoms with Crippen molar-refractivity contribution in [3.05, 3.63) is 11.6 Å². The van der Waals surface area contributed by atoms with E-state index in [-0.39, 0.29) is 23.4 Å². The number of quaternary nitrogens is 1. The molecule has 4 rings (SSSR count). The minimum Gasteiger partial charge on any atom is -0.461 e. The molecule has 0 aromatic heterocycles. The Labute approximate surface area is 153 Å². The molecule has 2 aliphatic carbocycles. The molecule has 4 aliphatic rings. The van der Waals surface area contributed by atoms with Gasteiger partial charge in [-0.3, -0.25) is 4.79 Å². The molecule has 2 heterocycles. The first kappa shape index (κ1) is 17.6. The summed E-state index contributed by atoms with van der Waals surface area (Å²) in [5, 5.41) is 0. The number of likely N-dealkylation sites (tertiary alicyclic amines) is 1. The highest BCUT2D eigenvalue weighted by Gasteiger charge is 2.53. The zero-order valence-electron chi connectivity index (χ0n) is 16.6. The SMILES string of the molecule is C[C@H]1CCC[C@]2(C)C[C@H]3OC(=O)[C@H](C[NH+]4CCCC(C)(C)C4)[C@H]3C=C12. The standard InChI is InChI=1S/C22H35NO2/c1-15-7-5-9-22(4)12-19-16(11-18(15)22)17(20(24)25-19)13-23-10-6-8-21(2,3)14-23/h11,15-17,19H,5-10,12-14H2,1-4H3/p+1/t15-,16+,17+,19+,22+/m0/s1. The molecule has 3 fully saturated rings. The van der Waals surface area contributed by atoms with Gasteiger partial charge in [0.1, 0.15) is 12.0 Å². The molecule has 1 unspecified atom stereocenters. The van der Waals surface area contributed by atoms with Gasteiger partial charge in [0, 0.05) is 11.3 Å². The van der Waals surface area contributed by atoms with Crippen LogP contribution in [0.1, 0.15) is 66.2 Å². The van der Waals surface area contributed by atoms with Crippen molar-refractivity contribution in [3.8, 4) is 0 Å². The number of esters is 1. The summed E-state index contributed by atoms with van der Waals surface area (Å²) >= 11 is 0. The molecule has 1 saturated carbocycles. The molecule has 25 heavy (non-hydrogen) atoms. The lowest BCUT2D eigenvalue weighted by atomic mass is 9.59. The fourth-order valence-electron chi connectivity index (χ4n) is 6.44. The summed E-state index contributed by atoms with van der Waals surface area (Å²) in [5.41, 5.74) is 2.32. The van der Waals surface area contributed by atoms with Crippen LogP contribution in [0.15, 0.2) is 11.6 Å². The van der Waals surface area contributed by atoms with Crippen molar-refractivity contribution in [2.24, 2.45) is 28.6 Å². The average Bonchev–Trinajstić information content (AvgIpc) is 2.79. The van der Waals surface area contributed by atoms with Gasteiger partial charge < -0.3 is 9.64 Å². The number of allylic oxidation sites excluding steroid dienone is 1. The van der Waals surface area contributed by atoms with E-state index < -0.39 is 0 Å². The van der Waals surface area contributed by atoms with Crippen LogP contribution in [0.2, 0.25) is 0 Å². The van der Waals surface area contributed by atoms with E-state index in [1.54, 1.807) is 10.5 Å². The molecular formula is C22H36NO2+. The van der Waals surface area contributed by atoms with Crippen molar-refractivity contribution in [2.75, 3.05) is 19.6 Å². The summed E-state index contributed by atoms with van der Waals surface area (Å²) in [6.07, 6.45) is 10.2. The van der Waals surface area contributed by atoms with Crippen molar-refractivity contribution in [3.63, 3.8) is 0 Å². The zero-order chi connectivity index (χ0) is 17.8. The topological polar surface area (TPSA) is 30.7 Å². The molecular weight excluding hydrogens is 310 g/mol. The Morgan fingerprint density at radius 3 is 2.80 bits per heavy atom. The molecule has 0 spiro atoms. The van der Waals surface area contributed by atoms with Crippen LogP contribution in [0.25, 0.3) is 0 Å². The Kier molecular flexibility index (Phi) is 4.30. The molecule has 2 aliphatic heterocycles. The number of rotatable bonds is 2. The molecule has 140 valence electrons. The van der Waals surface area contributed by atoms with E-state index in [0.29, 0.717) is 17.3 Å². The van der Waals surface area contributed by atoms with Crippen LogP contribution in [-0.2, 0) is 9.53 Å². The molecule has 0 aromatic rings. The van der Waals surface area contributed by atoms with E-state index in [2.05, 4.69) is 33.8 Å². The Bertz CT molecular complexity index is 581. The molecule has 6 atom stereocenters. The van der Waals surface area contributed by atoms with Gasteiger partial charge in [0.2, 0.25) is 0 Å². The zero-order valence-corrected chi connectivity index (χ0v) is 16.6. The first-order valence-corrected chi connectivity index (χ1v) is 10.5. The highest BCUT2D eigenvalue weighted by Crippen LogP contribution is 2.53. The average molecular weight is 347 g/mol. The van der Waals surface area contributed by atoms with Gasteiger partial charge in [0.05, 0.1) is 19.6 Å². The molecule has 2 saturated heterocycles. The minimum absolute atomic E-state index is 0.0811. The highest BCUT2D eigenvalue weighted by atomic mass is 16.6. The van der Waals surface area contributed by atoms with Crippen LogP contribution in [-0.4, -0.2) is 31.7 Å². The fourth-order valence-corrected chi connectivity index (χ4v) is 6.44. The van der Waals surface area contributed by atoms with Crippen molar-refractivity contribution < 1.29 is 14.4 Å². The molecule has 0 radical (unpaired) electrons. The normalized spacial score (nSPS) is 46.0. The van der Waals surface area contributed by atoms with Gasteiger partial charge in [-0.05, 0) is 43.4 Å². The largest absolute Gasteiger partial charge is 0.461 e. The third kappa shape index (κ3) is 3.18. The summed E-state index contributed by atoms with van der Waals surface area (Å²) in [5.74, 6) is 1.17. The third-order valence-corrected chi connectivity index (χ3v) is 7.70. The monoisotopic (exact) mass is 346 g/mol. The summed E-state index contributed by atoms with van der Waals surface area (Å²) in [6.45, 7) is 12.9. The Morgan fingerprint density at radius 2 is 2.04 bits per heavy atom. The number of carbonyl (C=O) groups is 1. The summed E-state index contributed by atoms with van der Waals surface area (Å²) in [6, 6.07) is 0. The second-order valence-electron chi connectivity index (χ2n) is 10.5. The quantitative estimate of drug-likeness (QED) is 0.615. The number of piperidine rings is 1. The van der Waals surface area contributed by atoms with Gasteiger partial charge in [-0.2, -0.15) is 0 Å². The maximum Gasteiger partial charge on any atom is 0.315 e. The number of fused-ring (bicyclic) bond motifs is 2. The van der Waals surface area contributed by atoms with Crippen LogP contribution in [0.4, 0.5) is 0 Å². The van der Waals surface area contributed by atoms with Gasteiger partial charge in [-0.25, -0.2) is 0 Å². The predicted molar refractivity (Wildman–Crippen MR) is 99.3 cm³/mol. The van der Waals surface area contributed by atoms with E-state index in [1.807, 2.05) is 0 Å².